The van der Waals surface area contributed by atoms with Crippen molar-refractivity contribution in [3.63, 3.8) is 0 Å². The van der Waals surface area contributed by atoms with Crippen LogP contribution in [0.5, 0.6) is 0 Å². The second kappa shape index (κ2) is 6.17. The summed E-state index contributed by atoms with van der Waals surface area (Å²) in [5, 5.41) is 3.71. The third-order valence-corrected chi connectivity index (χ3v) is 4.44. The van der Waals surface area contributed by atoms with Gasteiger partial charge in [0.2, 0.25) is 0 Å². The zero-order chi connectivity index (χ0) is 12.3. The molecule has 3 atom stereocenters. The Kier molecular flexibility index (Phi) is 4.83. The third kappa shape index (κ3) is 3.67. The molecule has 2 heterocycles. The lowest BCUT2D eigenvalue weighted by atomic mass is 9.92. The molecule has 0 aromatic carbocycles. The summed E-state index contributed by atoms with van der Waals surface area (Å²) in [4.78, 5) is 5.06. The minimum Gasteiger partial charge on any atom is -0.312 e. The van der Waals surface area contributed by atoms with Crippen LogP contribution < -0.4 is 5.32 Å². The van der Waals surface area contributed by atoms with E-state index in [1.807, 2.05) is 0 Å². The predicted octanol–water partition coefficient (Wildman–Crippen LogP) is 1.40. The van der Waals surface area contributed by atoms with Crippen LogP contribution in [0.2, 0.25) is 0 Å². The zero-order valence-electron chi connectivity index (χ0n) is 11.8. The molecule has 2 aliphatic heterocycles. The van der Waals surface area contributed by atoms with E-state index in [0.29, 0.717) is 0 Å². The molecule has 0 spiro atoms. The smallest absolute Gasteiger partial charge is 0.0224 e. The summed E-state index contributed by atoms with van der Waals surface area (Å²) in [5.41, 5.74) is 0. The van der Waals surface area contributed by atoms with Gasteiger partial charge in [0.05, 0.1) is 0 Å². The lowest BCUT2D eigenvalue weighted by Gasteiger charge is -2.36. The molecule has 2 saturated heterocycles. The van der Waals surface area contributed by atoms with Crippen LogP contribution in [0, 0.1) is 5.92 Å². The van der Waals surface area contributed by atoms with Crippen LogP contribution in [-0.4, -0.2) is 62.2 Å². The van der Waals surface area contributed by atoms with E-state index in [1.54, 1.807) is 0 Å². The molecule has 0 aromatic heterocycles. The lowest BCUT2D eigenvalue weighted by molar-refractivity contribution is 0.159. The van der Waals surface area contributed by atoms with Gasteiger partial charge in [0, 0.05) is 25.2 Å². The highest BCUT2D eigenvalue weighted by Gasteiger charge is 2.29. The van der Waals surface area contributed by atoms with E-state index in [1.165, 1.54) is 51.9 Å². The number of rotatable bonds is 4. The minimum atomic E-state index is 0.728. The Morgan fingerprint density at radius 1 is 1.24 bits per heavy atom. The third-order valence-electron chi connectivity index (χ3n) is 4.44. The van der Waals surface area contributed by atoms with Crippen molar-refractivity contribution in [2.75, 3.05) is 40.3 Å². The topological polar surface area (TPSA) is 18.5 Å². The van der Waals surface area contributed by atoms with Gasteiger partial charge in [-0.2, -0.15) is 0 Å². The van der Waals surface area contributed by atoms with Gasteiger partial charge in [-0.25, -0.2) is 0 Å². The monoisotopic (exact) mass is 239 g/mol. The van der Waals surface area contributed by atoms with Gasteiger partial charge in [0.1, 0.15) is 0 Å². The van der Waals surface area contributed by atoms with Crippen molar-refractivity contribution >= 4 is 0 Å². The molecule has 3 nitrogen and oxygen atoms in total. The van der Waals surface area contributed by atoms with Crippen molar-refractivity contribution in [1.29, 1.82) is 0 Å². The van der Waals surface area contributed by atoms with Crippen LogP contribution in [0.3, 0.4) is 0 Å². The first-order chi connectivity index (χ1) is 8.16. The fourth-order valence-corrected chi connectivity index (χ4v) is 3.37. The first-order valence-electron chi connectivity index (χ1n) is 7.29. The molecule has 2 rings (SSSR count). The van der Waals surface area contributed by atoms with E-state index in [2.05, 4.69) is 36.1 Å². The maximum absolute atomic E-state index is 3.71. The molecule has 0 aliphatic carbocycles. The number of likely N-dealkylation sites (N-methyl/N-ethyl adjacent to an activating group) is 1. The molecule has 1 N–H and O–H groups in total. The van der Waals surface area contributed by atoms with Gasteiger partial charge >= 0.3 is 0 Å². The van der Waals surface area contributed by atoms with E-state index in [0.717, 1.165) is 18.0 Å². The fraction of sp³-hybridized carbons (Fsp3) is 1.00. The normalized spacial score (nSPS) is 35.6. The number of likely N-dealkylation sites (tertiary alicyclic amines) is 1. The van der Waals surface area contributed by atoms with Crippen LogP contribution in [0.15, 0.2) is 0 Å². The van der Waals surface area contributed by atoms with Crippen molar-refractivity contribution in [2.24, 2.45) is 5.92 Å². The van der Waals surface area contributed by atoms with Crippen LogP contribution in [0.4, 0.5) is 0 Å². The van der Waals surface area contributed by atoms with E-state index in [9.17, 15) is 0 Å². The molecule has 0 saturated carbocycles. The molecule has 0 radical (unpaired) electrons. The molecule has 2 fully saturated rings. The quantitative estimate of drug-likeness (QED) is 0.800. The molecule has 100 valence electrons. The Balaban J connectivity index is 1.84. The van der Waals surface area contributed by atoms with E-state index >= 15 is 0 Å². The molecule has 3 unspecified atom stereocenters. The summed E-state index contributed by atoms with van der Waals surface area (Å²) in [7, 11) is 4.38. The summed E-state index contributed by atoms with van der Waals surface area (Å²) in [5.74, 6) is 0.851. The molecule has 0 amide bonds. The summed E-state index contributed by atoms with van der Waals surface area (Å²) in [6, 6.07) is 1.52. The second-order valence-corrected chi connectivity index (χ2v) is 6.23. The Labute approximate surface area is 107 Å². The molecule has 3 heteroatoms. The van der Waals surface area contributed by atoms with Crippen LogP contribution in [0.1, 0.15) is 32.6 Å². The van der Waals surface area contributed by atoms with E-state index in [4.69, 9.17) is 0 Å². The minimum absolute atomic E-state index is 0.728. The van der Waals surface area contributed by atoms with Gasteiger partial charge in [-0.15, -0.1) is 0 Å². The lowest BCUT2D eigenvalue weighted by Crippen LogP contribution is -2.50. The molecule has 0 bridgehead atoms. The van der Waals surface area contributed by atoms with Gasteiger partial charge in [0.15, 0.2) is 0 Å². The molecular weight excluding hydrogens is 210 g/mol. The highest BCUT2D eigenvalue weighted by atomic mass is 15.2. The van der Waals surface area contributed by atoms with Crippen LogP contribution in [-0.2, 0) is 0 Å². The molecular formula is C14H29N3. The number of piperidine rings is 1. The zero-order valence-corrected chi connectivity index (χ0v) is 11.8. The predicted molar refractivity (Wildman–Crippen MR) is 73.3 cm³/mol. The van der Waals surface area contributed by atoms with E-state index < -0.39 is 0 Å². The average Bonchev–Trinajstić information content (AvgIpc) is 2.68. The molecule has 17 heavy (non-hydrogen) atoms. The average molecular weight is 239 g/mol. The number of nitrogens with zero attached hydrogens (tertiary/aromatic N) is 2. The summed E-state index contributed by atoms with van der Waals surface area (Å²) in [6.07, 6.45) is 5.54. The Morgan fingerprint density at radius 2 is 2.06 bits per heavy atom. The number of hydrogen-bond acceptors (Lipinski definition) is 3. The van der Waals surface area contributed by atoms with Gasteiger partial charge < -0.3 is 10.2 Å². The molecule has 2 aliphatic rings. The fourth-order valence-electron chi connectivity index (χ4n) is 3.37. The van der Waals surface area contributed by atoms with Gasteiger partial charge in [-0.3, -0.25) is 4.90 Å². The number of nitrogens with one attached hydrogen (secondary N) is 1. The largest absolute Gasteiger partial charge is 0.312 e. The second-order valence-electron chi connectivity index (χ2n) is 6.23. The maximum Gasteiger partial charge on any atom is 0.0224 e. The maximum atomic E-state index is 3.71. The van der Waals surface area contributed by atoms with Crippen molar-refractivity contribution in [3.8, 4) is 0 Å². The summed E-state index contributed by atoms with van der Waals surface area (Å²) < 4.78 is 0. The van der Waals surface area contributed by atoms with Crippen molar-refractivity contribution in [3.05, 3.63) is 0 Å². The molecule has 0 aromatic rings. The first kappa shape index (κ1) is 13.3. The van der Waals surface area contributed by atoms with Crippen molar-refractivity contribution < 1.29 is 0 Å². The van der Waals surface area contributed by atoms with Gasteiger partial charge in [-0.1, -0.05) is 6.92 Å². The van der Waals surface area contributed by atoms with Gasteiger partial charge in [-0.05, 0) is 58.8 Å². The highest BCUT2D eigenvalue weighted by Crippen LogP contribution is 2.22. The standard InChI is InChI=1S/C14H29N3/c1-12-6-4-8-15-14(12)11-17-9-5-7-13(17)10-16(2)3/h12-15H,4-11H2,1-3H3. The van der Waals surface area contributed by atoms with Crippen molar-refractivity contribution in [2.45, 2.75) is 44.7 Å². The highest BCUT2D eigenvalue weighted by molar-refractivity contribution is 4.87. The summed E-state index contributed by atoms with van der Waals surface area (Å²) in [6.45, 7) is 7.43. The summed E-state index contributed by atoms with van der Waals surface area (Å²) >= 11 is 0. The van der Waals surface area contributed by atoms with Crippen LogP contribution >= 0.6 is 0 Å². The van der Waals surface area contributed by atoms with E-state index in [-0.39, 0.29) is 0 Å². The van der Waals surface area contributed by atoms with Gasteiger partial charge in [0.25, 0.3) is 0 Å². The Morgan fingerprint density at radius 3 is 2.76 bits per heavy atom. The SMILES string of the molecule is CC1CCCNC1CN1CCCC1CN(C)C. The Bertz CT molecular complexity index is 230. The van der Waals surface area contributed by atoms with Crippen LogP contribution in [0.25, 0.3) is 0 Å². The number of hydrogen-bond donors (Lipinski definition) is 1. The first-order valence-corrected chi connectivity index (χ1v) is 7.29. The van der Waals surface area contributed by atoms with Crippen molar-refractivity contribution in [1.82, 2.24) is 15.1 Å². The Hall–Kier alpha value is -0.120.